The summed E-state index contributed by atoms with van der Waals surface area (Å²) < 4.78 is 175. The van der Waals surface area contributed by atoms with E-state index in [0.717, 1.165) is 12.8 Å². The summed E-state index contributed by atoms with van der Waals surface area (Å²) in [6, 6.07) is 0. The summed E-state index contributed by atoms with van der Waals surface area (Å²) in [4.78, 5) is 38.4. The smallest absolute Gasteiger partial charge is 0.377 e. The van der Waals surface area contributed by atoms with Crippen LogP contribution in [0.2, 0.25) is 0 Å². The summed E-state index contributed by atoms with van der Waals surface area (Å²) in [5.41, 5.74) is -1.94. The van der Waals surface area contributed by atoms with Gasteiger partial charge in [-0.1, -0.05) is 0 Å². The fraction of sp³-hybridized carbons (Fsp3) is 0.935. The zero-order valence-electron chi connectivity index (χ0n) is 40.9. The monoisotopic (exact) mass is 1030 g/mol. The fourth-order valence-corrected chi connectivity index (χ4v) is 11.2. The number of ether oxygens (including phenoxy) is 4. The molecule has 1 heterocycles. The maximum absolute atomic E-state index is 13.7. The minimum absolute atomic E-state index is 0.0166. The summed E-state index contributed by atoms with van der Waals surface area (Å²) in [5.74, 6) is -30.3. The maximum Gasteiger partial charge on any atom is 0.377 e. The molecule has 8 aliphatic carbocycles. The molecule has 4 atom stereocenters. The van der Waals surface area contributed by atoms with Crippen molar-refractivity contribution in [3.8, 4) is 0 Å². The van der Waals surface area contributed by atoms with E-state index in [9.17, 15) is 67.1 Å². The van der Waals surface area contributed by atoms with Gasteiger partial charge < -0.3 is 39.0 Å². The number of hydrogen-bond donors (Lipinski definition) is 4. The number of carbonyl (C=O) groups excluding carboxylic acids is 3. The van der Waals surface area contributed by atoms with Crippen LogP contribution < -0.4 is 9.80 Å². The van der Waals surface area contributed by atoms with Gasteiger partial charge in [0.1, 0.15) is 43.4 Å². The predicted molar refractivity (Wildman–Crippen MR) is 225 cm³/mol. The minimum atomic E-state index is -4.54. The first-order valence-corrected chi connectivity index (χ1v) is 24.1. The van der Waals surface area contributed by atoms with Gasteiger partial charge in [-0.15, -0.1) is 0 Å². The van der Waals surface area contributed by atoms with Crippen LogP contribution in [0.1, 0.15) is 120 Å². The number of carbonyl (C=O) groups is 3. The fourth-order valence-electron chi connectivity index (χ4n) is 11.2. The van der Waals surface area contributed by atoms with Crippen LogP contribution in [0.5, 0.6) is 0 Å². The van der Waals surface area contributed by atoms with E-state index in [1.165, 1.54) is 39.3 Å². The second kappa shape index (κ2) is 23.2. The molecule has 0 aromatic heterocycles. The largest absolute Gasteiger partial charge is 0.455 e. The number of rotatable bonds is 13. The lowest BCUT2D eigenvalue weighted by Gasteiger charge is -2.63. The number of esters is 2. The Morgan fingerprint density at radius 3 is 1.14 bits per heavy atom. The zero-order valence-corrected chi connectivity index (χ0v) is 40.9. The molecule has 4 unspecified atom stereocenters. The van der Waals surface area contributed by atoms with Crippen LogP contribution >= 0.6 is 0 Å². The first kappa shape index (κ1) is 60.8. The van der Waals surface area contributed by atoms with Gasteiger partial charge in [0.25, 0.3) is 0 Å². The number of hydrogen-bond acceptors (Lipinski definition) is 9. The number of aliphatic hydroxyl groups excluding tert-OH is 2. The molecule has 1 saturated heterocycles. The van der Waals surface area contributed by atoms with Gasteiger partial charge in [-0.05, 0) is 118 Å². The highest BCUT2D eigenvalue weighted by Gasteiger charge is 2.70. The molecule has 9 aliphatic rings. The molecule has 69 heavy (non-hydrogen) atoms. The lowest BCUT2D eigenvalue weighted by atomic mass is 9.51. The van der Waals surface area contributed by atoms with Gasteiger partial charge >= 0.3 is 47.5 Å². The molecule has 0 amide bonds. The molecule has 4 N–H and O–H groups in total. The minimum Gasteiger partial charge on any atom is -0.455 e. The van der Waals surface area contributed by atoms with Crippen LogP contribution in [0.3, 0.4) is 0 Å². The third-order valence-electron chi connectivity index (χ3n) is 15.0. The number of quaternary nitrogens is 2. The molecule has 0 aromatic carbocycles. The third-order valence-corrected chi connectivity index (χ3v) is 15.0. The highest BCUT2D eigenvalue weighted by Crippen LogP contribution is 2.64. The number of alkyl halides is 12. The molecule has 9 rings (SSSR count). The Morgan fingerprint density at radius 2 is 0.870 bits per heavy atom. The van der Waals surface area contributed by atoms with E-state index >= 15 is 0 Å². The van der Waals surface area contributed by atoms with Crippen molar-refractivity contribution < 1.29 is 106 Å². The third kappa shape index (κ3) is 14.4. The quantitative estimate of drug-likeness (QED) is 0.125. The normalized spacial score (nSPS) is 31.3. The van der Waals surface area contributed by atoms with Crippen molar-refractivity contribution >= 4 is 17.7 Å². The Labute approximate surface area is 396 Å². The SMILES string of the molecule is CC(F)(F)C(=O)OC12CC3CC(C1)C(=O)C(C3)C2.CC(F)(F)C(=O)OC12CC3CC(C1)C1(OCC(F)(F)C(F)(F)CO1)C(C3)C2.CC[NH+](CC)CC.CC[NH+](CC)CC.OCC(F)(F)C(F)(F)CO. The summed E-state index contributed by atoms with van der Waals surface area (Å²) in [6.45, 7) is 15.1. The number of nitrogens with one attached hydrogen (secondary N) is 2. The van der Waals surface area contributed by atoms with E-state index < -0.39 is 103 Å². The van der Waals surface area contributed by atoms with E-state index in [1.54, 1.807) is 9.80 Å². The average molecular weight is 1030 g/mol. The van der Waals surface area contributed by atoms with E-state index in [0.29, 0.717) is 58.3 Å². The predicted octanol–water partition coefficient (Wildman–Crippen LogP) is 6.21. The Morgan fingerprint density at radius 1 is 0.565 bits per heavy atom. The van der Waals surface area contributed by atoms with Crippen LogP contribution in [0, 0.1) is 35.5 Å². The second-order valence-corrected chi connectivity index (χ2v) is 20.1. The molecule has 9 fully saturated rings. The van der Waals surface area contributed by atoms with Gasteiger partial charge in [-0.2, -0.15) is 52.7 Å². The summed E-state index contributed by atoms with van der Waals surface area (Å²) in [5, 5.41) is 15.4. The van der Waals surface area contributed by atoms with Crippen LogP contribution in [-0.2, 0) is 33.3 Å². The standard InChI is InChI=1S/C17H20F6O4.C13H16F2O3.2C6H15N.C4H6F4O2/c1-13(18,19)12(24)27-14-4-9-2-10(5-14)17(11(3-9)6-14)25-7-15(20,21)16(22,23)8-26-17;1-12(14,15)11(17)18-13-4-7-2-8(5-13)10(16)9(3-7)6-13;2*1-4-7(5-2)6-3;5-3(6,1-9)4(7,8)2-10/h9-11H,2-8H2,1H3;7-9H,2-6H2,1H3;2*4-6H2,1-3H3;9-10H,1-2H2/p+2. The van der Waals surface area contributed by atoms with Crippen molar-refractivity contribution in [2.24, 2.45) is 35.5 Å². The number of Topliss-reactive ketones (excluding diaryl/α,β-unsaturated/α-hetero) is 1. The first-order valence-electron chi connectivity index (χ1n) is 24.1. The molecule has 0 radical (unpaired) electrons. The number of aliphatic hydroxyl groups is 2. The highest BCUT2D eigenvalue weighted by atomic mass is 19.3. The summed E-state index contributed by atoms with van der Waals surface area (Å²) in [6.07, 6.45) is 4.69. The molecule has 8 saturated carbocycles. The molecular weight excluding hydrogens is 952 g/mol. The topological polar surface area (TPSA) is 137 Å². The highest BCUT2D eigenvalue weighted by molar-refractivity contribution is 5.86. The lowest BCUT2D eigenvalue weighted by Crippen LogP contribution is -3.11. The number of halogens is 12. The van der Waals surface area contributed by atoms with Gasteiger partial charge in [0.2, 0.25) is 0 Å². The molecule has 404 valence electrons. The van der Waals surface area contributed by atoms with E-state index in [-0.39, 0.29) is 36.4 Å². The van der Waals surface area contributed by atoms with Crippen molar-refractivity contribution in [3.05, 3.63) is 0 Å². The molecular formula is C46H74F12N2O9+2. The summed E-state index contributed by atoms with van der Waals surface area (Å²) in [7, 11) is 0. The molecule has 23 heteroatoms. The molecule has 11 nitrogen and oxygen atoms in total. The van der Waals surface area contributed by atoms with Gasteiger partial charge in [-0.3, -0.25) is 4.79 Å². The van der Waals surface area contributed by atoms with Crippen molar-refractivity contribution in [2.45, 2.75) is 172 Å². The zero-order chi connectivity index (χ0) is 52.8. The molecule has 1 spiro atoms. The van der Waals surface area contributed by atoms with Crippen LogP contribution in [0.15, 0.2) is 0 Å². The first-order chi connectivity index (χ1) is 31.6. The molecule has 1 aliphatic heterocycles. The van der Waals surface area contributed by atoms with E-state index in [4.69, 9.17) is 29.2 Å². The maximum atomic E-state index is 13.7. The van der Waals surface area contributed by atoms with E-state index in [2.05, 4.69) is 41.5 Å². The lowest BCUT2D eigenvalue weighted by molar-refractivity contribution is -0.894. The van der Waals surface area contributed by atoms with Gasteiger partial charge in [0.15, 0.2) is 5.79 Å². The van der Waals surface area contributed by atoms with Crippen molar-refractivity contribution in [1.82, 2.24) is 0 Å². The van der Waals surface area contributed by atoms with Crippen molar-refractivity contribution in [2.75, 3.05) is 65.7 Å². The summed E-state index contributed by atoms with van der Waals surface area (Å²) >= 11 is 0. The average Bonchev–Trinajstić information content (AvgIpc) is 3.35. The molecule has 0 aromatic rings. The number of ketones is 1. The van der Waals surface area contributed by atoms with Crippen LogP contribution in [0.4, 0.5) is 52.7 Å². The Hall–Kier alpha value is -2.47. The second-order valence-electron chi connectivity index (χ2n) is 20.1. The van der Waals surface area contributed by atoms with E-state index in [1.807, 2.05) is 0 Å². The van der Waals surface area contributed by atoms with Gasteiger partial charge in [0, 0.05) is 37.5 Å². The van der Waals surface area contributed by atoms with Gasteiger partial charge in [0.05, 0.1) is 39.3 Å². The van der Waals surface area contributed by atoms with Crippen LogP contribution in [0.25, 0.3) is 0 Å². The van der Waals surface area contributed by atoms with Gasteiger partial charge in [-0.25, -0.2) is 9.59 Å². The Kier molecular flexibility index (Phi) is 20.4. The Bertz CT molecular complexity index is 1600. The van der Waals surface area contributed by atoms with Crippen LogP contribution in [-0.4, -0.2) is 146 Å². The Balaban J connectivity index is 0.000000258. The molecule has 8 bridgehead atoms. The van der Waals surface area contributed by atoms with Crippen molar-refractivity contribution in [3.63, 3.8) is 0 Å². The van der Waals surface area contributed by atoms with Crippen molar-refractivity contribution in [1.29, 1.82) is 0 Å².